The number of hydrogen-bond donors (Lipinski definition) is 3. The lowest BCUT2D eigenvalue weighted by Gasteiger charge is -2.32. The van der Waals surface area contributed by atoms with Crippen molar-refractivity contribution in [3.05, 3.63) is 70.8 Å². The summed E-state index contributed by atoms with van der Waals surface area (Å²) in [6.07, 6.45) is 1.44. The first-order chi connectivity index (χ1) is 20.6. The van der Waals surface area contributed by atoms with E-state index < -0.39 is 11.9 Å². The summed E-state index contributed by atoms with van der Waals surface area (Å²) in [5, 5.41) is 9.64. The molecule has 0 spiro atoms. The van der Waals surface area contributed by atoms with Crippen molar-refractivity contribution in [2.45, 2.75) is 13.8 Å². The van der Waals surface area contributed by atoms with E-state index in [0.717, 1.165) is 31.7 Å². The Balaban J connectivity index is 1.46. The van der Waals surface area contributed by atoms with Gasteiger partial charge in [0.2, 0.25) is 5.88 Å². The standard InChI is InChI=1S/C28H32ClN11O3/c1-17-5-6-20(33-27(41)19-12-22(29)34-25(13-19)43-4)14-21(17)39(28(30)42)26-11-18(2)35-40(26)24-15-23(31-16-32-24)36-38-9-7-37(3)8-10-38/h5-6,11-16H,7-10H2,1-4H3,(H2,30,42)(H,33,41)(H,31,32,36). The summed E-state index contributed by atoms with van der Waals surface area (Å²) in [6, 6.07) is 10.8. The zero-order valence-corrected chi connectivity index (χ0v) is 25.0. The number of nitrogens with one attached hydrogen (secondary N) is 2. The van der Waals surface area contributed by atoms with Gasteiger partial charge in [-0.15, -0.1) is 0 Å². The number of carbonyl (C=O) groups excluding carboxylic acids is 2. The zero-order valence-electron chi connectivity index (χ0n) is 24.2. The molecular weight excluding hydrogens is 574 g/mol. The van der Waals surface area contributed by atoms with Crippen LogP contribution < -0.4 is 26.1 Å². The van der Waals surface area contributed by atoms with E-state index in [9.17, 15) is 9.59 Å². The first kappa shape index (κ1) is 29.7. The number of likely N-dealkylation sites (N-methyl/N-ethyl adjacent to an activating group) is 1. The number of rotatable bonds is 8. The number of piperazine rings is 1. The van der Waals surface area contributed by atoms with Crippen LogP contribution in [0.15, 0.2) is 48.8 Å². The molecule has 0 aliphatic carbocycles. The maximum atomic E-state index is 13.0. The van der Waals surface area contributed by atoms with E-state index in [1.165, 1.54) is 35.2 Å². The van der Waals surface area contributed by atoms with Gasteiger partial charge < -0.3 is 26.1 Å². The molecule has 0 bridgehead atoms. The van der Waals surface area contributed by atoms with Gasteiger partial charge in [0.15, 0.2) is 5.82 Å². The smallest absolute Gasteiger partial charge is 0.325 e. The second-order valence-electron chi connectivity index (χ2n) is 10.1. The van der Waals surface area contributed by atoms with E-state index in [4.69, 9.17) is 22.1 Å². The molecule has 4 heterocycles. The van der Waals surface area contributed by atoms with E-state index in [2.05, 4.69) is 47.7 Å². The number of hydrogen-bond acceptors (Lipinski definition) is 10. The summed E-state index contributed by atoms with van der Waals surface area (Å²) in [5.41, 5.74) is 11.8. The number of urea groups is 1. The van der Waals surface area contributed by atoms with Gasteiger partial charge in [-0.2, -0.15) is 9.78 Å². The van der Waals surface area contributed by atoms with Crippen LogP contribution in [0.5, 0.6) is 5.88 Å². The molecule has 1 aromatic carbocycles. The van der Waals surface area contributed by atoms with Crippen LogP contribution in [0.4, 0.5) is 27.8 Å². The second kappa shape index (κ2) is 12.6. The van der Waals surface area contributed by atoms with Crippen LogP contribution in [0.25, 0.3) is 5.82 Å². The number of halogens is 1. The third kappa shape index (κ3) is 6.83. The molecular formula is C28H32ClN11O3. The number of primary amides is 1. The van der Waals surface area contributed by atoms with Gasteiger partial charge in [0.25, 0.3) is 5.91 Å². The Labute approximate surface area is 253 Å². The molecule has 224 valence electrons. The van der Waals surface area contributed by atoms with Crippen molar-refractivity contribution in [1.82, 2.24) is 34.6 Å². The second-order valence-corrected chi connectivity index (χ2v) is 10.5. The molecule has 3 aromatic heterocycles. The number of aromatic nitrogens is 5. The quantitative estimate of drug-likeness (QED) is 0.254. The topological polar surface area (TPSA) is 160 Å². The van der Waals surface area contributed by atoms with Crippen LogP contribution in [-0.4, -0.2) is 86.9 Å². The fourth-order valence-corrected chi connectivity index (χ4v) is 4.81. The number of carbonyl (C=O) groups is 2. The number of ether oxygens (including phenoxy) is 1. The Morgan fingerprint density at radius 1 is 1.05 bits per heavy atom. The van der Waals surface area contributed by atoms with Crippen molar-refractivity contribution in [1.29, 1.82) is 0 Å². The van der Waals surface area contributed by atoms with Crippen molar-refractivity contribution in [2.24, 2.45) is 5.73 Å². The average molecular weight is 606 g/mol. The van der Waals surface area contributed by atoms with Crippen LogP contribution in [0.3, 0.4) is 0 Å². The lowest BCUT2D eigenvalue weighted by atomic mass is 10.1. The molecule has 1 aliphatic rings. The van der Waals surface area contributed by atoms with Crippen molar-refractivity contribution in [3.8, 4) is 11.7 Å². The molecule has 0 unspecified atom stereocenters. The fourth-order valence-electron chi connectivity index (χ4n) is 4.61. The third-order valence-corrected chi connectivity index (χ3v) is 7.05. The van der Waals surface area contributed by atoms with Crippen LogP contribution >= 0.6 is 11.6 Å². The summed E-state index contributed by atoms with van der Waals surface area (Å²) in [6.45, 7) is 7.19. The molecule has 5 rings (SSSR count). The van der Waals surface area contributed by atoms with E-state index >= 15 is 0 Å². The number of amides is 3. The van der Waals surface area contributed by atoms with Gasteiger partial charge in [-0.05, 0) is 44.7 Å². The number of benzene rings is 1. The number of methoxy groups -OCH3 is 1. The lowest BCUT2D eigenvalue weighted by molar-refractivity contribution is 0.102. The van der Waals surface area contributed by atoms with Crippen molar-refractivity contribution < 1.29 is 14.3 Å². The third-order valence-electron chi connectivity index (χ3n) is 6.86. The molecule has 14 nitrogen and oxygen atoms in total. The van der Waals surface area contributed by atoms with Gasteiger partial charge in [0.1, 0.15) is 23.1 Å². The summed E-state index contributed by atoms with van der Waals surface area (Å²) in [5.74, 6) is 1.16. The molecule has 4 N–H and O–H groups in total. The van der Waals surface area contributed by atoms with Crippen molar-refractivity contribution in [2.75, 3.05) is 56.0 Å². The van der Waals surface area contributed by atoms with Gasteiger partial charge in [-0.1, -0.05) is 17.7 Å². The van der Waals surface area contributed by atoms with Crippen molar-refractivity contribution in [3.63, 3.8) is 0 Å². The molecule has 1 saturated heterocycles. The molecule has 3 amide bonds. The van der Waals surface area contributed by atoms with Crippen LogP contribution in [0.2, 0.25) is 5.15 Å². The van der Waals surface area contributed by atoms with Gasteiger partial charge in [0, 0.05) is 55.6 Å². The van der Waals surface area contributed by atoms with E-state index in [0.29, 0.717) is 34.5 Å². The van der Waals surface area contributed by atoms with Gasteiger partial charge >= 0.3 is 6.03 Å². The number of aryl methyl sites for hydroxylation is 2. The summed E-state index contributed by atoms with van der Waals surface area (Å²) < 4.78 is 6.65. The number of pyridine rings is 1. The highest BCUT2D eigenvalue weighted by atomic mass is 35.5. The molecule has 4 aromatic rings. The highest BCUT2D eigenvalue weighted by Gasteiger charge is 2.25. The summed E-state index contributed by atoms with van der Waals surface area (Å²) in [7, 11) is 3.52. The minimum absolute atomic E-state index is 0.115. The Morgan fingerprint density at radius 2 is 1.81 bits per heavy atom. The predicted octanol–water partition coefficient (Wildman–Crippen LogP) is 3.38. The molecule has 1 aliphatic heterocycles. The average Bonchev–Trinajstić information content (AvgIpc) is 3.36. The highest BCUT2D eigenvalue weighted by Crippen LogP contribution is 2.33. The Hall–Kier alpha value is -4.79. The van der Waals surface area contributed by atoms with Crippen molar-refractivity contribution >= 4 is 46.5 Å². The fraction of sp³-hybridized carbons (Fsp3) is 0.286. The minimum Gasteiger partial charge on any atom is -0.481 e. The Kier molecular flexibility index (Phi) is 8.71. The minimum atomic E-state index is -0.747. The first-order valence-electron chi connectivity index (χ1n) is 13.4. The molecule has 0 atom stereocenters. The summed E-state index contributed by atoms with van der Waals surface area (Å²) in [4.78, 5) is 42.4. The van der Waals surface area contributed by atoms with Gasteiger partial charge in [-0.3, -0.25) is 4.79 Å². The molecule has 0 saturated carbocycles. The maximum Gasteiger partial charge on any atom is 0.325 e. The zero-order chi connectivity index (χ0) is 30.7. The van der Waals surface area contributed by atoms with E-state index in [-0.39, 0.29) is 16.6 Å². The molecule has 15 heteroatoms. The monoisotopic (exact) mass is 605 g/mol. The van der Waals surface area contributed by atoms with E-state index in [1.54, 1.807) is 37.3 Å². The number of nitrogens with zero attached hydrogens (tertiary/aromatic N) is 8. The molecule has 0 radical (unpaired) electrons. The SMILES string of the molecule is COc1cc(C(=O)Nc2ccc(C)c(N(C(N)=O)c3cc(C)nn3-c3cc(NN4CCN(C)CC4)ncn3)c2)cc(Cl)n1. The largest absolute Gasteiger partial charge is 0.481 e. The van der Waals surface area contributed by atoms with Gasteiger partial charge in [-0.25, -0.2) is 29.7 Å². The Morgan fingerprint density at radius 3 is 2.53 bits per heavy atom. The van der Waals surface area contributed by atoms with Crippen LogP contribution in [0, 0.1) is 13.8 Å². The first-order valence-corrected chi connectivity index (χ1v) is 13.8. The number of anilines is 4. The molecule has 1 fully saturated rings. The van der Waals surface area contributed by atoms with E-state index in [1.807, 2.05) is 6.92 Å². The number of nitrogens with two attached hydrogens (primary N) is 1. The molecule has 43 heavy (non-hydrogen) atoms. The summed E-state index contributed by atoms with van der Waals surface area (Å²) >= 11 is 6.04. The van der Waals surface area contributed by atoms with Gasteiger partial charge in [0.05, 0.1) is 18.5 Å². The van der Waals surface area contributed by atoms with Crippen LogP contribution in [0.1, 0.15) is 21.6 Å². The maximum absolute atomic E-state index is 13.0. The van der Waals surface area contributed by atoms with Crippen LogP contribution in [-0.2, 0) is 0 Å². The normalized spacial score (nSPS) is 13.9. The predicted molar refractivity (Wildman–Crippen MR) is 163 cm³/mol. The lowest BCUT2D eigenvalue weighted by Crippen LogP contribution is -2.47. The number of hydrazine groups is 1. The highest BCUT2D eigenvalue weighted by molar-refractivity contribution is 6.30. The Bertz CT molecular complexity index is 1650.